The Morgan fingerprint density at radius 2 is 2.05 bits per heavy atom. The molecule has 0 saturated heterocycles. The highest BCUT2D eigenvalue weighted by Crippen LogP contribution is 2.38. The Kier molecular flexibility index (Phi) is 4.59. The largest absolute Gasteiger partial charge is 0.391 e. The summed E-state index contributed by atoms with van der Waals surface area (Å²) in [6, 6.07) is 6.87. The first-order valence-electron chi connectivity index (χ1n) is 6.43. The average Bonchev–Trinajstić information content (AvgIpc) is 2.40. The van der Waals surface area contributed by atoms with Gasteiger partial charge >= 0.3 is 6.18 Å². The molecule has 1 saturated carbocycles. The molecule has 0 radical (unpaired) electrons. The van der Waals surface area contributed by atoms with E-state index in [2.05, 4.69) is 21.2 Å². The number of rotatable bonds is 2. The highest BCUT2D eigenvalue weighted by molar-refractivity contribution is 9.10. The third kappa shape index (κ3) is 3.66. The summed E-state index contributed by atoms with van der Waals surface area (Å²) in [6.45, 7) is 0. The van der Waals surface area contributed by atoms with Gasteiger partial charge in [0.25, 0.3) is 0 Å². The smallest absolute Gasteiger partial charge is 0.381 e. The second-order valence-corrected chi connectivity index (χ2v) is 5.91. The molecule has 2 atom stereocenters. The fourth-order valence-electron chi connectivity index (χ4n) is 2.54. The molecular formula is C14H14BrF3N2. The zero-order valence-corrected chi connectivity index (χ0v) is 12.3. The van der Waals surface area contributed by atoms with Crippen LogP contribution in [0.25, 0.3) is 0 Å². The molecule has 0 aromatic heterocycles. The third-order valence-electron chi connectivity index (χ3n) is 3.59. The minimum Gasteiger partial charge on any atom is -0.381 e. The van der Waals surface area contributed by atoms with Crippen molar-refractivity contribution >= 4 is 21.6 Å². The molecule has 1 aliphatic carbocycles. The van der Waals surface area contributed by atoms with Crippen LogP contribution in [0.4, 0.5) is 18.9 Å². The molecule has 0 spiro atoms. The van der Waals surface area contributed by atoms with E-state index in [0.717, 1.165) is 12.1 Å². The molecule has 6 heteroatoms. The number of nitriles is 1. The summed E-state index contributed by atoms with van der Waals surface area (Å²) in [5.41, 5.74) is 1.25. The van der Waals surface area contributed by atoms with Crippen molar-refractivity contribution in [1.82, 2.24) is 0 Å². The van der Waals surface area contributed by atoms with E-state index in [1.807, 2.05) is 6.07 Å². The van der Waals surface area contributed by atoms with Gasteiger partial charge in [-0.1, -0.05) is 6.42 Å². The number of halogens is 4. The van der Waals surface area contributed by atoms with E-state index >= 15 is 0 Å². The predicted molar refractivity (Wildman–Crippen MR) is 74.3 cm³/mol. The lowest BCUT2D eigenvalue weighted by Crippen LogP contribution is -2.34. The average molecular weight is 347 g/mol. The molecule has 2 nitrogen and oxygen atoms in total. The maximum Gasteiger partial charge on any atom is 0.391 e. The first-order valence-corrected chi connectivity index (χ1v) is 7.22. The van der Waals surface area contributed by atoms with Gasteiger partial charge in [-0.3, -0.25) is 0 Å². The van der Waals surface area contributed by atoms with Gasteiger partial charge in [0, 0.05) is 16.2 Å². The Labute approximate surface area is 124 Å². The Morgan fingerprint density at radius 3 is 2.65 bits per heavy atom. The van der Waals surface area contributed by atoms with Gasteiger partial charge in [-0.05, 0) is 53.4 Å². The summed E-state index contributed by atoms with van der Waals surface area (Å²) in [4.78, 5) is 0. The van der Waals surface area contributed by atoms with Gasteiger partial charge in [-0.25, -0.2) is 0 Å². The highest BCUT2D eigenvalue weighted by Gasteiger charge is 2.42. The lowest BCUT2D eigenvalue weighted by atomic mass is 9.85. The molecule has 108 valence electrons. The molecular weight excluding hydrogens is 333 g/mol. The van der Waals surface area contributed by atoms with Crippen molar-refractivity contribution in [3.8, 4) is 6.07 Å². The molecule has 0 amide bonds. The molecule has 1 aromatic carbocycles. The molecule has 0 aliphatic heterocycles. The Bertz CT molecular complexity index is 522. The standard InChI is InChI=1S/C14H14BrF3N2/c15-12-6-9(8-19)4-5-13(12)20-11-3-1-2-10(7-11)14(16,17)18/h4-6,10-11,20H,1-3,7H2. The van der Waals surface area contributed by atoms with Crippen molar-refractivity contribution in [3.63, 3.8) is 0 Å². The van der Waals surface area contributed by atoms with E-state index < -0.39 is 12.1 Å². The lowest BCUT2D eigenvalue weighted by Gasteiger charge is -2.31. The van der Waals surface area contributed by atoms with Crippen molar-refractivity contribution in [1.29, 1.82) is 5.26 Å². The van der Waals surface area contributed by atoms with Crippen molar-refractivity contribution in [2.24, 2.45) is 5.92 Å². The van der Waals surface area contributed by atoms with Crippen LogP contribution >= 0.6 is 15.9 Å². The number of hydrogen-bond donors (Lipinski definition) is 1. The lowest BCUT2D eigenvalue weighted by molar-refractivity contribution is -0.182. The normalized spacial score (nSPS) is 23.1. The van der Waals surface area contributed by atoms with E-state index in [1.54, 1.807) is 18.2 Å². The van der Waals surface area contributed by atoms with Crippen LogP contribution in [0.15, 0.2) is 22.7 Å². The summed E-state index contributed by atoms with van der Waals surface area (Å²) in [5.74, 6) is -1.22. The summed E-state index contributed by atoms with van der Waals surface area (Å²) in [5, 5.41) is 11.9. The molecule has 0 heterocycles. The van der Waals surface area contributed by atoms with Gasteiger partial charge in [-0.15, -0.1) is 0 Å². The second-order valence-electron chi connectivity index (χ2n) is 5.05. The first kappa shape index (κ1) is 15.2. The molecule has 2 rings (SSSR count). The molecule has 1 N–H and O–H groups in total. The van der Waals surface area contributed by atoms with Crippen LogP contribution in [0.3, 0.4) is 0 Å². The van der Waals surface area contributed by atoms with Crippen LogP contribution in [0.5, 0.6) is 0 Å². The molecule has 1 fully saturated rings. The summed E-state index contributed by atoms with van der Waals surface area (Å²) < 4.78 is 39.0. The fourth-order valence-corrected chi connectivity index (χ4v) is 3.03. The SMILES string of the molecule is N#Cc1ccc(NC2CCCC(C(F)(F)F)C2)c(Br)c1. The first-order chi connectivity index (χ1) is 9.40. The van der Waals surface area contributed by atoms with E-state index in [1.165, 1.54) is 0 Å². The number of anilines is 1. The molecule has 2 unspecified atom stereocenters. The maximum atomic E-state index is 12.8. The topological polar surface area (TPSA) is 35.8 Å². The quantitative estimate of drug-likeness (QED) is 0.830. The number of nitrogens with zero attached hydrogens (tertiary/aromatic N) is 1. The molecule has 20 heavy (non-hydrogen) atoms. The highest BCUT2D eigenvalue weighted by atomic mass is 79.9. The Hall–Kier alpha value is -1.22. The zero-order valence-electron chi connectivity index (χ0n) is 10.7. The number of alkyl halides is 3. The van der Waals surface area contributed by atoms with E-state index in [0.29, 0.717) is 16.5 Å². The van der Waals surface area contributed by atoms with Crippen LogP contribution in [-0.2, 0) is 0 Å². The predicted octanol–water partition coefficient (Wildman–Crippen LogP) is 4.85. The minimum atomic E-state index is -4.11. The van der Waals surface area contributed by atoms with Gasteiger partial charge in [0.05, 0.1) is 17.6 Å². The van der Waals surface area contributed by atoms with E-state index in [4.69, 9.17) is 5.26 Å². The van der Waals surface area contributed by atoms with Gasteiger partial charge in [0.2, 0.25) is 0 Å². The summed E-state index contributed by atoms with van der Waals surface area (Å²) >= 11 is 3.33. The van der Waals surface area contributed by atoms with Gasteiger partial charge in [-0.2, -0.15) is 18.4 Å². The van der Waals surface area contributed by atoms with E-state index in [-0.39, 0.29) is 18.9 Å². The number of hydrogen-bond acceptors (Lipinski definition) is 2. The van der Waals surface area contributed by atoms with Gasteiger partial charge in [0.15, 0.2) is 0 Å². The van der Waals surface area contributed by atoms with Crippen LogP contribution in [-0.4, -0.2) is 12.2 Å². The molecule has 0 bridgehead atoms. The minimum absolute atomic E-state index is 0.107. The zero-order chi connectivity index (χ0) is 14.8. The van der Waals surface area contributed by atoms with E-state index in [9.17, 15) is 13.2 Å². The van der Waals surface area contributed by atoms with Crippen LogP contribution in [0, 0.1) is 17.2 Å². The van der Waals surface area contributed by atoms with Crippen LogP contribution in [0.2, 0.25) is 0 Å². The number of nitrogens with one attached hydrogen (secondary N) is 1. The molecule has 1 aliphatic rings. The van der Waals surface area contributed by atoms with Gasteiger partial charge < -0.3 is 5.32 Å². The Balaban J connectivity index is 2.05. The monoisotopic (exact) mass is 346 g/mol. The van der Waals surface area contributed by atoms with Crippen molar-refractivity contribution in [2.75, 3.05) is 5.32 Å². The summed E-state index contributed by atoms with van der Waals surface area (Å²) in [7, 11) is 0. The maximum absolute atomic E-state index is 12.8. The van der Waals surface area contributed by atoms with Crippen molar-refractivity contribution in [3.05, 3.63) is 28.2 Å². The van der Waals surface area contributed by atoms with Crippen LogP contribution < -0.4 is 5.32 Å². The van der Waals surface area contributed by atoms with Gasteiger partial charge in [0.1, 0.15) is 0 Å². The van der Waals surface area contributed by atoms with Crippen molar-refractivity contribution < 1.29 is 13.2 Å². The fraction of sp³-hybridized carbons (Fsp3) is 0.500. The third-order valence-corrected chi connectivity index (χ3v) is 4.25. The Morgan fingerprint density at radius 1 is 1.30 bits per heavy atom. The number of benzene rings is 1. The summed E-state index contributed by atoms with van der Waals surface area (Å²) in [6.07, 6.45) is -2.47. The molecule has 1 aromatic rings. The van der Waals surface area contributed by atoms with Crippen molar-refractivity contribution in [2.45, 2.75) is 37.9 Å². The van der Waals surface area contributed by atoms with Crippen LogP contribution in [0.1, 0.15) is 31.2 Å². The second kappa shape index (κ2) is 6.04.